The highest BCUT2D eigenvalue weighted by Crippen LogP contribution is 2.13. The van der Waals surface area contributed by atoms with Gasteiger partial charge in [-0.1, -0.05) is 0 Å². The summed E-state index contributed by atoms with van der Waals surface area (Å²) >= 11 is 4.98. The topological polar surface area (TPSA) is 96.5 Å². The second-order valence-corrected chi connectivity index (χ2v) is 4.70. The Bertz CT molecular complexity index is 626. The number of benzene rings is 1. The van der Waals surface area contributed by atoms with E-state index in [0.29, 0.717) is 11.4 Å². The summed E-state index contributed by atoms with van der Waals surface area (Å²) in [6.07, 6.45) is 2.05. The molecule has 23 heavy (non-hydrogen) atoms. The fourth-order valence-corrected chi connectivity index (χ4v) is 1.71. The van der Waals surface area contributed by atoms with Gasteiger partial charge in [-0.2, -0.15) is 0 Å². The number of hydrogen-bond donors (Lipinski definition) is 3. The molecule has 7 nitrogen and oxygen atoms in total. The van der Waals surface area contributed by atoms with Crippen molar-refractivity contribution in [2.75, 3.05) is 17.2 Å². The van der Waals surface area contributed by atoms with Crippen LogP contribution >= 0.6 is 12.2 Å². The monoisotopic (exact) mass is 335 g/mol. The van der Waals surface area contributed by atoms with E-state index in [-0.39, 0.29) is 17.6 Å². The van der Waals surface area contributed by atoms with Crippen LogP contribution in [0.3, 0.4) is 0 Å². The van der Waals surface area contributed by atoms with Gasteiger partial charge in [0.05, 0.1) is 6.61 Å². The summed E-state index contributed by atoms with van der Waals surface area (Å²) in [5.41, 5.74) is 1.29. The molecule has 0 atom stereocenters. The van der Waals surface area contributed by atoms with Gasteiger partial charge in [-0.25, -0.2) is 4.79 Å². The van der Waals surface area contributed by atoms with Crippen LogP contribution in [0.2, 0.25) is 0 Å². The van der Waals surface area contributed by atoms with Gasteiger partial charge < -0.3 is 15.4 Å². The molecule has 0 aliphatic heterocycles. The molecule has 0 fully saturated rings. The molecule has 1 aromatic rings. The zero-order chi connectivity index (χ0) is 17.2. The lowest BCUT2D eigenvalue weighted by Gasteiger charge is -2.09. The van der Waals surface area contributed by atoms with E-state index in [4.69, 9.17) is 12.2 Å². The van der Waals surface area contributed by atoms with E-state index in [1.807, 2.05) is 0 Å². The maximum absolute atomic E-state index is 11.5. The summed E-state index contributed by atoms with van der Waals surface area (Å²) in [5.74, 6) is -1.32. The summed E-state index contributed by atoms with van der Waals surface area (Å²) in [5, 5.41) is 7.91. The lowest BCUT2D eigenvalue weighted by molar-refractivity contribution is -0.137. The summed E-state index contributed by atoms with van der Waals surface area (Å²) < 4.78 is 4.65. The van der Waals surface area contributed by atoms with Gasteiger partial charge in [-0.05, 0) is 43.4 Å². The first kappa shape index (κ1) is 18.3. The van der Waals surface area contributed by atoms with Crippen LogP contribution in [0.4, 0.5) is 11.4 Å². The van der Waals surface area contributed by atoms with Gasteiger partial charge in [0.2, 0.25) is 11.8 Å². The number of nitrogens with one attached hydrogen (secondary N) is 3. The number of carbonyl (C=O) groups is 3. The number of carbonyl (C=O) groups excluding carboxylic acids is 3. The quantitative estimate of drug-likeness (QED) is 0.429. The SMILES string of the molecule is CCOC(=O)C=CC(=O)NC(=S)Nc1ccc(NC(C)=O)cc1. The Morgan fingerprint density at radius 2 is 1.65 bits per heavy atom. The van der Waals surface area contributed by atoms with Crippen molar-refractivity contribution in [1.29, 1.82) is 0 Å². The highest BCUT2D eigenvalue weighted by Gasteiger charge is 2.03. The Kier molecular flexibility index (Phi) is 7.41. The molecule has 0 bridgehead atoms. The minimum absolute atomic E-state index is 0.0794. The molecular formula is C15H17N3O4S. The maximum Gasteiger partial charge on any atom is 0.330 e. The summed E-state index contributed by atoms with van der Waals surface area (Å²) in [6, 6.07) is 6.76. The molecule has 8 heteroatoms. The predicted octanol–water partition coefficient (Wildman–Crippen LogP) is 1.58. The molecule has 1 aromatic carbocycles. The molecule has 0 radical (unpaired) electrons. The second kappa shape index (κ2) is 9.31. The first-order valence-corrected chi connectivity index (χ1v) is 7.16. The fraction of sp³-hybridized carbons (Fsp3) is 0.200. The van der Waals surface area contributed by atoms with Crippen LogP contribution < -0.4 is 16.0 Å². The molecule has 0 aliphatic carbocycles. The standard InChI is InChI=1S/C15H17N3O4S/c1-3-22-14(21)9-8-13(20)18-15(23)17-12-6-4-11(5-7-12)16-10(2)19/h4-9H,3H2,1-2H3,(H,16,19)(H2,17,18,20,23). The number of rotatable bonds is 5. The van der Waals surface area contributed by atoms with Crippen molar-refractivity contribution in [2.24, 2.45) is 0 Å². The van der Waals surface area contributed by atoms with Crippen LogP contribution in [-0.2, 0) is 19.1 Å². The van der Waals surface area contributed by atoms with E-state index in [0.717, 1.165) is 12.2 Å². The third-order valence-corrected chi connectivity index (χ3v) is 2.56. The Labute approximate surface area is 139 Å². The normalized spacial score (nSPS) is 10.0. The largest absolute Gasteiger partial charge is 0.463 e. The van der Waals surface area contributed by atoms with Crippen molar-refractivity contribution in [3.05, 3.63) is 36.4 Å². The third-order valence-electron chi connectivity index (χ3n) is 2.36. The van der Waals surface area contributed by atoms with E-state index >= 15 is 0 Å². The average Bonchev–Trinajstić information content (AvgIpc) is 2.47. The minimum Gasteiger partial charge on any atom is -0.463 e. The first-order chi connectivity index (χ1) is 10.9. The molecule has 0 spiro atoms. The molecule has 122 valence electrons. The van der Waals surface area contributed by atoms with Crippen LogP contribution in [0.15, 0.2) is 36.4 Å². The summed E-state index contributed by atoms with van der Waals surface area (Å²) in [6.45, 7) is 3.32. The minimum atomic E-state index is -0.602. The van der Waals surface area contributed by atoms with E-state index in [2.05, 4.69) is 20.7 Å². The molecule has 3 N–H and O–H groups in total. The van der Waals surface area contributed by atoms with Crippen molar-refractivity contribution in [2.45, 2.75) is 13.8 Å². The third kappa shape index (κ3) is 7.72. The van der Waals surface area contributed by atoms with Crippen LogP contribution in [0.25, 0.3) is 0 Å². The van der Waals surface area contributed by atoms with Crippen molar-refractivity contribution in [3.63, 3.8) is 0 Å². The second-order valence-electron chi connectivity index (χ2n) is 4.29. The Hall–Kier alpha value is -2.74. The molecule has 0 saturated heterocycles. The number of hydrogen-bond acceptors (Lipinski definition) is 5. The number of ether oxygens (including phenoxy) is 1. The van der Waals surface area contributed by atoms with Crippen molar-refractivity contribution >= 4 is 46.5 Å². The molecule has 0 heterocycles. The molecule has 0 aromatic heterocycles. The number of esters is 1. The van der Waals surface area contributed by atoms with Crippen LogP contribution in [-0.4, -0.2) is 29.5 Å². The number of thiocarbonyl (C=S) groups is 1. The lowest BCUT2D eigenvalue weighted by Crippen LogP contribution is -2.33. The van der Waals surface area contributed by atoms with Crippen molar-refractivity contribution in [1.82, 2.24) is 5.32 Å². The van der Waals surface area contributed by atoms with Gasteiger partial charge in [0.15, 0.2) is 5.11 Å². The fourth-order valence-electron chi connectivity index (χ4n) is 1.49. The van der Waals surface area contributed by atoms with Gasteiger partial charge in [0.25, 0.3) is 0 Å². The van der Waals surface area contributed by atoms with Crippen molar-refractivity contribution < 1.29 is 19.1 Å². The van der Waals surface area contributed by atoms with Gasteiger partial charge in [0, 0.05) is 30.5 Å². The Balaban J connectivity index is 2.48. The number of amides is 2. The smallest absolute Gasteiger partial charge is 0.330 e. The Morgan fingerprint density at radius 3 is 2.17 bits per heavy atom. The molecular weight excluding hydrogens is 318 g/mol. The first-order valence-electron chi connectivity index (χ1n) is 6.75. The average molecular weight is 335 g/mol. The Morgan fingerprint density at radius 1 is 1.09 bits per heavy atom. The van der Waals surface area contributed by atoms with E-state index in [1.165, 1.54) is 6.92 Å². The highest BCUT2D eigenvalue weighted by molar-refractivity contribution is 7.80. The van der Waals surface area contributed by atoms with Gasteiger partial charge in [-0.3, -0.25) is 14.9 Å². The predicted molar refractivity (Wildman–Crippen MR) is 90.9 cm³/mol. The summed E-state index contributed by atoms with van der Waals surface area (Å²) in [4.78, 5) is 33.5. The summed E-state index contributed by atoms with van der Waals surface area (Å²) in [7, 11) is 0. The molecule has 0 aliphatic rings. The zero-order valence-electron chi connectivity index (χ0n) is 12.7. The van der Waals surface area contributed by atoms with Crippen LogP contribution in [0.1, 0.15) is 13.8 Å². The van der Waals surface area contributed by atoms with Gasteiger partial charge in [0.1, 0.15) is 0 Å². The van der Waals surface area contributed by atoms with Gasteiger partial charge in [-0.15, -0.1) is 0 Å². The lowest BCUT2D eigenvalue weighted by atomic mass is 10.3. The van der Waals surface area contributed by atoms with E-state index in [1.54, 1.807) is 31.2 Å². The van der Waals surface area contributed by atoms with E-state index in [9.17, 15) is 14.4 Å². The maximum atomic E-state index is 11.5. The van der Waals surface area contributed by atoms with Crippen LogP contribution in [0.5, 0.6) is 0 Å². The van der Waals surface area contributed by atoms with E-state index < -0.39 is 11.9 Å². The van der Waals surface area contributed by atoms with Crippen LogP contribution in [0, 0.1) is 0 Å². The molecule has 1 rings (SSSR count). The zero-order valence-corrected chi connectivity index (χ0v) is 13.5. The highest BCUT2D eigenvalue weighted by atomic mass is 32.1. The van der Waals surface area contributed by atoms with Gasteiger partial charge >= 0.3 is 5.97 Å². The van der Waals surface area contributed by atoms with Crippen molar-refractivity contribution in [3.8, 4) is 0 Å². The number of anilines is 2. The molecule has 0 unspecified atom stereocenters. The molecule has 0 saturated carbocycles. The molecule has 2 amide bonds.